The number of ether oxygens (including phenoxy) is 4. The molecule has 4 rings (SSSR count). The second-order valence-electron chi connectivity index (χ2n) is 12.2. The summed E-state index contributed by atoms with van der Waals surface area (Å²) >= 11 is 6.44. The quantitative estimate of drug-likeness (QED) is 0.337. The molecule has 0 aliphatic carbocycles. The van der Waals surface area contributed by atoms with Gasteiger partial charge in [0, 0.05) is 26.5 Å². The van der Waals surface area contributed by atoms with E-state index in [0.717, 1.165) is 5.57 Å². The number of aromatic hydroxyl groups is 1. The summed E-state index contributed by atoms with van der Waals surface area (Å²) in [6.07, 6.45) is 1.29. The van der Waals surface area contributed by atoms with Crippen LogP contribution in [0.15, 0.2) is 35.9 Å². The van der Waals surface area contributed by atoms with Gasteiger partial charge in [0.2, 0.25) is 5.91 Å². The topological polar surface area (TPSA) is 147 Å². The van der Waals surface area contributed by atoms with Gasteiger partial charge in [0.05, 0.1) is 24.1 Å². The third-order valence-electron chi connectivity index (χ3n) is 8.47. The lowest BCUT2D eigenvalue weighted by Crippen LogP contribution is -2.63. The van der Waals surface area contributed by atoms with E-state index in [1.165, 1.54) is 18.1 Å². The van der Waals surface area contributed by atoms with E-state index in [0.29, 0.717) is 17.7 Å². The summed E-state index contributed by atoms with van der Waals surface area (Å²) in [6.45, 7) is 8.83. The Balaban J connectivity index is 1.78. The van der Waals surface area contributed by atoms with Gasteiger partial charge in [-0.3, -0.25) is 14.9 Å². The van der Waals surface area contributed by atoms with Gasteiger partial charge in [-0.05, 0) is 38.0 Å². The van der Waals surface area contributed by atoms with E-state index >= 15 is 0 Å². The number of phenolic OH excluding ortho intramolecular Hbond substituents is 1. The maximum absolute atomic E-state index is 13.7. The molecule has 1 aromatic rings. The van der Waals surface area contributed by atoms with E-state index in [-0.39, 0.29) is 23.6 Å². The number of nitrogens with one attached hydrogen (secondary N) is 1. The van der Waals surface area contributed by atoms with Gasteiger partial charge in [-0.2, -0.15) is 0 Å². The van der Waals surface area contributed by atoms with Crippen molar-refractivity contribution in [3.63, 3.8) is 0 Å². The molecule has 3 heterocycles. The molecule has 7 atom stereocenters. The normalized spacial score (nSPS) is 35.3. The number of halogens is 1. The Kier molecular flexibility index (Phi) is 9.51. The number of allylic oxidation sites excluding steroid dienone is 3. The smallest absolute Gasteiger partial charge is 0.409 e. The molecule has 0 spiro atoms. The van der Waals surface area contributed by atoms with Gasteiger partial charge < -0.3 is 34.1 Å². The van der Waals surface area contributed by atoms with Crippen molar-refractivity contribution in [1.82, 2.24) is 5.32 Å². The largest absolute Gasteiger partial charge is 0.506 e. The number of esters is 1. The van der Waals surface area contributed by atoms with Gasteiger partial charge >= 0.3 is 12.1 Å². The van der Waals surface area contributed by atoms with E-state index in [2.05, 4.69) is 5.32 Å². The van der Waals surface area contributed by atoms with Crippen LogP contribution in [0.4, 0.5) is 10.5 Å². The molecule has 12 heteroatoms. The number of rotatable bonds is 3. The number of nitrogens with zero attached hydrogens (tertiary/aromatic N) is 1. The summed E-state index contributed by atoms with van der Waals surface area (Å²) in [5.74, 6) is -2.01. The molecule has 2 fully saturated rings. The Morgan fingerprint density at radius 2 is 1.98 bits per heavy atom. The standard InChI is InChI=1S/C31H41ClN2O9/c1-16(2)28(37)42-24-14-25(36)34(6)20-12-19(13-21(35)26(20)32)11-17(3)9-8-10-23(40-7)31(39)15-22(41-29(38)33-31)18(4)27-30(24,5)43-27/h8-10,12-13,16,18,22-24,27,35,39H,11,14-15H2,1-7H3,(H,33,38)/b10-8+,17-9+/t18-,22+,23-,24-,27-,30+,31+/m1/s1. The summed E-state index contributed by atoms with van der Waals surface area (Å²) in [5, 5.41) is 24.6. The number of amides is 2. The fourth-order valence-corrected chi connectivity index (χ4v) is 5.98. The van der Waals surface area contributed by atoms with Crippen LogP contribution in [0.25, 0.3) is 0 Å². The van der Waals surface area contributed by atoms with Crippen LogP contribution in [0.3, 0.4) is 0 Å². The van der Waals surface area contributed by atoms with Crippen molar-refractivity contribution in [2.24, 2.45) is 11.8 Å². The number of aliphatic hydroxyl groups is 1. The van der Waals surface area contributed by atoms with Crippen LogP contribution in [0.1, 0.15) is 53.0 Å². The van der Waals surface area contributed by atoms with E-state index < -0.39 is 65.5 Å². The molecule has 236 valence electrons. The molecule has 3 aliphatic rings. The molecule has 2 amide bonds. The van der Waals surface area contributed by atoms with Crippen molar-refractivity contribution in [3.8, 4) is 5.75 Å². The maximum Gasteiger partial charge on any atom is 0.409 e. The number of methoxy groups -OCH3 is 1. The zero-order valence-corrected chi connectivity index (χ0v) is 26.3. The summed E-state index contributed by atoms with van der Waals surface area (Å²) in [6, 6.07) is 3.26. The highest BCUT2D eigenvalue weighted by Gasteiger charge is 2.64. The second-order valence-corrected chi connectivity index (χ2v) is 12.6. The summed E-state index contributed by atoms with van der Waals surface area (Å²) in [7, 11) is 2.97. The van der Waals surface area contributed by atoms with Gasteiger partial charge in [0.1, 0.15) is 34.7 Å². The Morgan fingerprint density at radius 3 is 2.63 bits per heavy atom. The third-order valence-corrected chi connectivity index (χ3v) is 8.86. The van der Waals surface area contributed by atoms with Crippen molar-refractivity contribution in [2.45, 2.75) is 89.6 Å². The van der Waals surface area contributed by atoms with Crippen LogP contribution in [0, 0.1) is 11.8 Å². The lowest BCUT2D eigenvalue weighted by atomic mass is 9.83. The Morgan fingerprint density at radius 1 is 1.28 bits per heavy atom. The van der Waals surface area contributed by atoms with Crippen molar-refractivity contribution in [3.05, 3.63) is 46.5 Å². The molecule has 0 unspecified atom stereocenters. The van der Waals surface area contributed by atoms with Crippen LogP contribution >= 0.6 is 11.6 Å². The van der Waals surface area contributed by atoms with Crippen molar-refractivity contribution >= 4 is 35.3 Å². The lowest BCUT2D eigenvalue weighted by molar-refractivity contribution is -0.157. The van der Waals surface area contributed by atoms with E-state index in [4.69, 9.17) is 30.5 Å². The summed E-state index contributed by atoms with van der Waals surface area (Å²) < 4.78 is 23.1. The molecule has 4 bridgehead atoms. The SMILES string of the molecule is CO[C@@H]1/C=C/C=C(\C)Cc2cc(O)c(Cl)c(c2)N(C)C(=O)C[C@@H](OC(=O)C(C)C)[C@]2(C)O[C@@H]2[C@H](C)[C@@H]2C[C@@]1(O)NC(=O)O2. The molecule has 0 saturated carbocycles. The monoisotopic (exact) mass is 620 g/mol. The fourth-order valence-electron chi connectivity index (χ4n) is 5.75. The Labute approximate surface area is 256 Å². The molecule has 2 saturated heterocycles. The predicted octanol–water partition coefficient (Wildman–Crippen LogP) is 4.02. The van der Waals surface area contributed by atoms with Gasteiger partial charge in [0.25, 0.3) is 0 Å². The van der Waals surface area contributed by atoms with Gasteiger partial charge in [0.15, 0.2) is 5.72 Å². The van der Waals surface area contributed by atoms with E-state index in [9.17, 15) is 24.6 Å². The number of hydrogen-bond acceptors (Lipinski definition) is 9. The first-order valence-electron chi connectivity index (χ1n) is 14.3. The maximum atomic E-state index is 13.7. The number of epoxide rings is 1. The fraction of sp³-hybridized carbons (Fsp3) is 0.581. The molecule has 1 aromatic carbocycles. The number of alkyl carbamates (subject to hydrolysis) is 1. The molecule has 0 aromatic heterocycles. The minimum absolute atomic E-state index is 0.0108. The minimum Gasteiger partial charge on any atom is -0.506 e. The summed E-state index contributed by atoms with van der Waals surface area (Å²) in [4.78, 5) is 40.4. The van der Waals surface area contributed by atoms with Crippen molar-refractivity contribution in [2.75, 3.05) is 19.1 Å². The molecule has 43 heavy (non-hydrogen) atoms. The van der Waals surface area contributed by atoms with Crippen molar-refractivity contribution < 1.29 is 43.5 Å². The minimum atomic E-state index is -1.78. The van der Waals surface area contributed by atoms with Gasteiger partial charge in [-0.1, -0.05) is 56.2 Å². The third kappa shape index (κ3) is 6.85. The van der Waals surface area contributed by atoms with Gasteiger partial charge in [-0.25, -0.2) is 4.79 Å². The number of benzene rings is 1. The first-order chi connectivity index (χ1) is 20.1. The highest BCUT2D eigenvalue weighted by atomic mass is 35.5. The number of hydrogen-bond donors (Lipinski definition) is 3. The number of phenols is 1. The molecule has 11 nitrogen and oxygen atoms in total. The number of carbonyl (C=O) groups is 3. The van der Waals surface area contributed by atoms with E-state index in [1.54, 1.807) is 46.0 Å². The molecule has 3 N–H and O–H groups in total. The van der Waals surface area contributed by atoms with Crippen LogP contribution in [0.2, 0.25) is 5.02 Å². The lowest BCUT2D eigenvalue weighted by Gasteiger charge is -2.42. The molecular formula is C31H41ClN2O9. The first kappa shape index (κ1) is 32.8. The van der Waals surface area contributed by atoms with Gasteiger partial charge in [-0.15, -0.1) is 0 Å². The van der Waals surface area contributed by atoms with Crippen LogP contribution in [-0.4, -0.2) is 78.1 Å². The van der Waals surface area contributed by atoms with Crippen molar-refractivity contribution in [1.29, 1.82) is 0 Å². The first-order valence-corrected chi connectivity index (χ1v) is 14.7. The predicted molar refractivity (Wildman–Crippen MR) is 159 cm³/mol. The van der Waals surface area contributed by atoms with Crippen LogP contribution in [-0.2, 0) is 35.0 Å². The Hall–Kier alpha value is -3.12. The second kappa shape index (κ2) is 12.5. The zero-order chi connectivity index (χ0) is 31.9. The van der Waals surface area contributed by atoms with E-state index in [1.807, 2.05) is 19.9 Å². The number of anilines is 1. The van der Waals surface area contributed by atoms with Crippen LogP contribution < -0.4 is 10.2 Å². The number of fused-ring (bicyclic) bond motifs is 5. The highest BCUT2D eigenvalue weighted by molar-refractivity contribution is 6.35. The molecule has 0 radical (unpaired) electrons. The molecular weight excluding hydrogens is 580 g/mol. The average Bonchev–Trinajstić information content (AvgIpc) is 3.62. The number of carbonyl (C=O) groups excluding carboxylic acids is 3. The summed E-state index contributed by atoms with van der Waals surface area (Å²) in [5.41, 5.74) is -0.974. The van der Waals surface area contributed by atoms with Crippen LogP contribution in [0.5, 0.6) is 5.75 Å². The highest BCUT2D eigenvalue weighted by Crippen LogP contribution is 2.49. The average molecular weight is 621 g/mol. The Bertz CT molecular complexity index is 1330. The molecule has 3 aliphatic heterocycles. The zero-order valence-electron chi connectivity index (χ0n) is 25.5.